The fraction of sp³-hybridized carbons (Fsp3) is 0.217. The first-order valence-electron chi connectivity index (χ1n) is 9.81. The summed E-state index contributed by atoms with van der Waals surface area (Å²) in [6.45, 7) is 1.99. The van der Waals surface area contributed by atoms with E-state index in [4.69, 9.17) is 10.7 Å². The minimum atomic E-state index is -0.0491. The number of hydrogen-bond donors (Lipinski definition) is 2. The summed E-state index contributed by atoms with van der Waals surface area (Å²) in [5, 5.41) is 0. The van der Waals surface area contributed by atoms with Crippen molar-refractivity contribution < 1.29 is 0 Å². The number of pyridine rings is 1. The Morgan fingerprint density at radius 2 is 1.48 bits per heavy atom. The van der Waals surface area contributed by atoms with Crippen molar-refractivity contribution in [2.45, 2.75) is 31.6 Å². The zero-order valence-corrected chi connectivity index (χ0v) is 16.3. The average Bonchev–Trinajstić information content (AvgIpc) is 3.19. The largest absolute Gasteiger partial charge is 0.368 e. The molecule has 1 aliphatic carbocycles. The number of anilines is 1. The predicted molar refractivity (Wildman–Crippen MR) is 113 cm³/mol. The van der Waals surface area contributed by atoms with Gasteiger partial charge >= 0.3 is 0 Å². The molecule has 1 fully saturated rings. The Morgan fingerprint density at radius 1 is 0.793 bits per heavy atom. The molecule has 3 heterocycles. The Bertz CT molecular complexity index is 1120. The van der Waals surface area contributed by atoms with Crippen LogP contribution in [0.15, 0.2) is 61.2 Å². The lowest BCUT2D eigenvalue weighted by Crippen LogP contribution is -2.36. The molecule has 0 amide bonds. The van der Waals surface area contributed by atoms with Crippen LogP contribution in [0, 0.1) is 6.92 Å². The molecule has 1 aromatic carbocycles. The van der Waals surface area contributed by atoms with Crippen molar-refractivity contribution in [1.82, 2.24) is 24.9 Å². The van der Waals surface area contributed by atoms with Crippen LogP contribution in [-0.4, -0.2) is 24.9 Å². The second-order valence-corrected chi connectivity index (χ2v) is 7.68. The van der Waals surface area contributed by atoms with Gasteiger partial charge in [0.2, 0.25) is 5.95 Å². The second kappa shape index (κ2) is 6.81. The number of benzene rings is 1. The van der Waals surface area contributed by atoms with Gasteiger partial charge in [-0.2, -0.15) is 0 Å². The van der Waals surface area contributed by atoms with Crippen molar-refractivity contribution >= 4 is 5.95 Å². The highest BCUT2D eigenvalue weighted by atomic mass is 15.0. The van der Waals surface area contributed by atoms with E-state index >= 15 is 0 Å². The summed E-state index contributed by atoms with van der Waals surface area (Å²) in [6.07, 6.45) is 10.7. The number of H-pyrrole nitrogens is 1. The van der Waals surface area contributed by atoms with E-state index in [1.54, 1.807) is 12.4 Å². The van der Waals surface area contributed by atoms with Crippen LogP contribution >= 0.6 is 0 Å². The fourth-order valence-corrected chi connectivity index (χ4v) is 4.00. The molecule has 0 atom stereocenters. The molecule has 1 aliphatic rings. The van der Waals surface area contributed by atoms with Gasteiger partial charge in [-0.15, -0.1) is 0 Å². The molecule has 0 saturated heterocycles. The number of imidazole rings is 1. The molecular formula is C23H22N6. The SMILES string of the molecule is Cc1ccc(-c2cnc(C3(c4ccc(-c5cnc(N)nc5)cc4)CCC3)[nH]2)cn1. The number of hydrogen-bond acceptors (Lipinski definition) is 5. The third-order valence-corrected chi connectivity index (χ3v) is 5.90. The van der Waals surface area contributed by atoms with Crippen LogP contribution in [0.4, 0.5) is 5.95 Å². The highest BCUT2D eigenvalue weighted by Gasteiger charge is 2.42. The maximum absolute atomic E-state index is 5.59. The maximum atomic E-state index is 5.59. The van der Waals surface area contributed by atoms with E-state index in [0.717, 1.165) is 46.7 Å². The monoisotopic (exact) mass is 382 g/mol. The highest BCUT2D eigenvalue weighted by Crippen LogP contribution is 2.48. The minimum Gasteiger partial charge on any atom is -0.368 e. The van der Waals surface area contributed by atoms with E-state index in [2.05, 4.69) is 50.3 Å². The van der Waals surface area contributed by atoms with Crippen molar-refractivity contribution in [3.8, 4) is 22.4 Å². The molecule has 3 N–H and O–H groups in total. The topological polar surface area (TPSA) is 93.4 Å². The van der Waals surface area contributed by atoms with Crippen LogP contribution in [0.25, 0.3) is 22.4 Å². The summed E-state index contributed by atoms with van der Waals surface area (Å²) in [4.78, 5) is 20.9. The molecule has 0 radical (unpaired) electrons. The molecule has 5 rings (SSSR count). The quantitative estimate of drug-likeness (QED) is 0.549. The Hall–Kier alpha value is -3.54. The van der Waals surface area contributed by atoms with Gasteiger partial charge < -0.3 is 10.7 Å². The normalized spacial score (nSPS) is 15.1. The van der Waals surface area contributed by atoms with Gasteiger partial charge in [-0.25, -0.2) is 15.0 Å². The van der Waals surface area contributed by atoms with Crippen molar-refractivity contribution in [3.63, 3.8) is 0 Å². The molecule has 4 aromatic rings. The zero-order chi connectivity index (χ0) is 19.8. The number of rotatable bonds is 4. The molecule has 29 heavy (non-hydrogen) atoms. The summed E-state index contributed by atoms with van der Waals surface area (Å²) >= 11 is 0. The predicted octanol–water partition coefficient (Wildman–Crippen LogP) is 4.29. The van der Waals surface area contributed by atoms with Crippen molar-refractivity contribution in [2.24, 2.45) is 0 Å². The fourth-order valence-electron chi connectivity index (χ4n) is 4.00. The Morgan fingerprint density at radius 3 is 2.10 bits per heavy atom. The summed E-state index contributed by atoms with van der Waals surface area (Å²) in [6, 6.07) is 12.7. The molecule has 1 saturated carbocycles. The van der Waals surface area contributed by atoms with E-state index in [-0.39, 0.29) is 11.4 Å². The highest BCUT2D eigenvalue weighted by molar-refractivity contribution is 5.63. The van der Waals surface area contributed by atoms with E-state index in [0.29, 0.717) is 0 Å². The molecule has 6 heteroatoms. The minimum absolute atomic E-state index is 0.0491. The molecule has 3 aromatic heterocycles. The molecule has 0 unspecified atom stereocenters. The van der Waals surface area contributed by atoms with E-state index in [1.165, 1.54) is 12.0 Å². The van der Waals surface area contributed by atoms with Crippen LogP contribution in [0.3, 0.4) is 0 Å². The number of nitrogens with one attached hydrogen (secondary N) is 1. The lowest BCUT2D eigenvalue weighted by atomic mass is 9.64. The first-order chi connectivity index (χ1) is 14.1. The van der Waals surface area contributed by atoms with E-state index in [1.807, 2.05) is 25.4 Å². The van der Waals surface area contributed by atoms with Crippen LogP contribution in [0.1, 0.15) is 36.3 Å². The molecule has 0 aliphatic heterocycles. The van der Waals surface area contributed by atoms with E-state index in [9.17, 15) is 0 Å². The number of aromatic amines is 1. The van der Waals surface area contributed by atoms with Gasteiger partial charge in [0, 0.05) is 35.4 Å². The van der Waals surface area contributed by atoms with Crippen molar-refractivity contribution in [3.05, 3.63) is 78.3 Å². The first-order valence-corrected chi connectivity index (χ1v) is 9.81. The van der Waals surface area contributed by atoms with Gasteiger partial charge in [0.1, 0.15) is 5.82 Å². The van der Waals surface area contributed by atoms with Gasteiger partial charge in [-0.1, -0.05) is 30.7 Å². The third kappa shape index (κ3) is 3.06. The summed E-state index contributed by atoms with van der Waals surface area (Å²) < 4.78 is 0. The molecule has 0 spiro atoms. The lowest BCUT2D eigenvalue weighted by molar-refractivity contribution is 0.287. The molecule has 6 nitrogen and oxygen atoms in total. The van der Waals surface area contributed by atoms with Gasteiger partial charge in [0.15, 0.2) is 0 Å². The van der Waals surface area contributed by atoms with Crippen LogP contribution in [0.2, 0.25) is 0 Å². The average molecular weight is 382 g/mol. The number of nitrogens with zero attached hydrogens (tertiary/aromatic N) is 4. The molecule has 0 bridgehead atoms. The number of nitrogens with two attached hydrogens (primary N) is 1. The standard InChI is InChI=1S/C23H22N6/c1-15-3-4-17(11-25-15)20-14-26-21(29-20)23(9-2-10-23)19-7-5-16(6-8-19)18-12-27-22(24)28-13-18/h3-8,11-14H,2,9-10H2,1H3,(H,26,29)(H2,24,27,28). The maximum Gasteiger partial charge on any atom is 0.219 e. The first kappa shape index (κ1) is 17.6. The van der Waals surface area contributed by atoms with Crippen LogP contribution in [0.5, 0.6) is 0 Å². The number of nitrogen functional groups attached to an aromatic ring is 1. The van der Waals surface area contributed by atoms with Crippen LogP contribution in [-0.2, 0) is 5.41 Å². The third-order valence-electron chi connectivity index (χ3n) is 5.90. The smallest absolute Gasteiger partial charge is 0.219 e. The molecular weight excluding hydrogens is 360 g/mol. The van der Waals surface area contributed by atoms with Gasteiger partial charge in [-0.3, -0.25) is 4.98 Å². The number of aryl methyl sites for hydroxylation is 1. The van der Waals surface area contributed by atoms with Gasteiger partial charge in [0.05, 0.1) is 17.3 Å². The van der Waals surface area contributed by atoms with Crippen molar-refractivity contribution in [1.29, 1.82) is 0 Å². The Kier molecular flexibility index (Phi) is 4.12. The van der Waals surface area contributed by atoms with Gasteiger partial charge in [-0.05, 0) is 43.0 Å². The summed E-state index contributed by atoms with van der Waals surface area (Å²) in [7, 11) is 0. The van der Waals surface area contributed by atoms with E-state index < -0.39 is 0 Å². The number of aromatic nitrogens is 5. The van der Waals surface area contributed by atoms with Gasteiger partial charge in [0.25, 0.3) is 0 Å². The molecule has 144 valence electrons. The summed E-state index contributed by atoms with van der Waals surface area (Å²) in [5.41, 5.74) is 11.9. The zero-order valence-electron chi connectivity index (χ0n) is 16.3. The Balaban J connectivity index is 1.46. The second-order valence-electron chi connectivity index (χ2n) is 7.68. The summed E-state index contributed by atoms with van der Waals surface area (Å²) in [5.74, 6) is 1.32. The Labute approximate surface area is 169 Å². The lowest BCUT2D eigenvalue weighted by Gasteiger charge is -2.40. The van der Waals surface area contributed by atoms with Crippen LogP contribution < -0.4 is 5.73 Å². The van der Waals surface area contributed by atoms with Crippen molar-refractivity contribution in [2.75, 3.05) is 5.73 Å².